The van der Waals surface area contributed by atoms with E-state index in [4.69, 9.17) is 9.47 Å². The molecule has 1 radical (unpaired) electrons. The summed E-state index contributed by atoms with van der Waals surface area (Å²) in [5.74, 6) is 2.18. The van der Waals surface area contributed by atoms with Gasteiger partial charge in [0.1, 0.15) is 18.6 Å². The molecule has 41 heavy (non-hydrogen) atoms. The fourth-order valence-corrected chi connectivity index (χ4v) is 7.92. The molecule has 7 heteroatoms. The summed E-state index contributed by atoms with van der Waals surface area (Å²) in [4.78, 5) is 8.62. The molecule has 0 bridgehead atoms. The van der Waals surface area contributed by atoms with E-state index < -0.39 is 7.14 Å². The van der Waals surface area contributed by atoms with Gasteiger partial charge in [-0.2, -0.15) is 0 Å². The van der Waals surface area contributed by atoms with Crippen LogP contribution in [-0.4, -0.2) is 9.97 Å². The third-order valence-corrected chi connectivity index (χ3v) is 9.87. The van der Waals surface area contributed by atoms with Crippen LogP contribution >= 0.6 is 7.14 Å². The fraction of sp³-hybridized carbons (Fsp3) is 0. The minimum atomic E-state index is -3.13. The summed E-state index contributed by atoms with van der Waals surface area (Å²) in [6.45, 7) is 0. The van der Waals surface area contributed by atoms with Crippen molar-refractivity contribution in [3.05, 3.63) is 140 Å². The van der Waals surface area contributed by atoms with E-state index in [1.54, 1.807) is 12.4 Å². The first-order valence-corrected chi connectivity index (χ1v) is 14.5. The van der Waals surface area contributed by atoms with Gasteiger partial charge in [0.15, 0.2) is 0 Å². The van der Waals surface area contributed by atoms with Crippen LogP contribution in [0.2, 0.25) is 0 Å². The molecule has 0 amide bonds. The summed E-state index contributed by atoms with van der Waals surface area (Å²) in [5.41, 5.74) is 3.50. The zero-order valence-electron chi connectivity index (χ0n) is 21.5. The van der Waals surface area contributed by atoms with Crippen LogP contribution < -0.4 is 25.4 Å². The van der Waals surface area contributed by atoms with Crippen molar-refractivity contribution < 1.29 is 34.1 Å². The van der Waals surface area contributed by atoms with Crippen molar-refractivity contribution in [2.24, 2.45) is 0 Å². The average Bonchev–Trinajstić information content (AvgIpc) is 3.03. The summed E-state index contributed by atoms with van der Waals surface area (Å²) in [5, 5.41) is 1.96. The van der Waals surface area contributed by atoms with E-state index >= 15 is 0 Å². The number of hydrogen-bond donors (Lipinski definition) is 0. The van der Waals surface area contributed by atoms with Gasteiger partial charge in [0.25, 0.3) is 0 Å². The monoisotopic (exact) mass is 729 g/mol. The fourth-order valence-electron chi connectivity index (χ4n) is 4.92. The van der Waals surface area contributed by atoms with Gasteiger partial charge in [0, 0.05) is 37.8 Å². The number of pyridine rings is 2. The van der Waals surface area contributed by atoms with Gasteiger partial charge < -0.3 is 24.0 Å². The molecule has 2 aliphatic heterocycles. The number of hydrogen-bond acceptors (Lipinski definition) is 5. The summed E-state index contributed by atoms with van der Waals surface area (Å²) < 4.78 is 26.9. The number of nitrogens with zero attached hydrogens (tertiary/aromatic N) is 2. The number of benzene rings is 4. The first-order valence-electron chi connectivity index (χ1n) is 12.8. The van der Waals surface area contributed by atoms with Crippen molar-refractivity contribution >= 4 is 23.1 Å². The number of para-hydroxylation sites is 2. The minimum absolute atomic E-state index is 0. The van der Waals surface area contributed by atoms with E-state index in [-0.39, 0.29) is 20.1 Å². The molecule has 2 aliphatic rings. The normalized spacial score (nSPS) is 15.2. The maximum Gasteiger partial charge on any atom is 0.149 e. The molecule has 1 unspecified atom stereocenters. The van der Waals surface area contributed by atoms with Crippen LogP contribution in [0.4, 0.5) is 0 Å². The summed E-state index contributed by atoms with van der Waals surface area (Å²) in [6.07, 6.45) is 3.52. The second kappa shape index (κ2) is 11.3. The third kappa shape index (κ3) is 4.81. The van der Waals surface area contributed by atoms with Crippen LogP contribution in [0, 0.1) is 12.1 Å². The second-order valence-electron chi connectivity index (χ2n) is 9.18. The Labute approximate surface area is 251 Å². The minimum Gasteiger partial charge on any atom is -0.475 e. The molecular formula is C34H21IrN2O3P-2. The Kier molecular flexibility index (Phi) is 7.38. The molecule has 6 aromatic rings. The molecule has 4 heterocycles. The Balaban J connectivity index is 0.000000196. The van der Waals surface area contributed by atoms with Gasteiger partial charge in [0.05, 0.1) is 22.1 Å². The first-order chi connectivity index (χ1) is 19.7. The molecule has 1 atom stereocenters. The molecule has 0 saturated heterocycles. The predicted molar refractivity (Wildman–Crippen MR) is 157 cm³/mol. The van der Waals surface area contributed by atoms with Crippen molar-refractivity contribution in [3.63, 3.8) is 0 Å². The van der Waals surface area contributed by atoms with E-state index in [0.717, 1.165) is 22.5 Å². The maximum absolute atomic E-state index is 14.6. The summed E-state index contributed by atoms with van der Waals surface area (Å²) >= 11 is 0. The van der Waals surface area contributed by atoms with E-state index in [9.17, 15) is 4.57 Å². The van der Waals surface area contributed by atoms with E-state index in [2.05, 4.69) is 22.1 Å². The van der Waals surface area contributed by atoms with Gasteiger partial charge in [-0.1, -0.05) is 60.7 Å². The summed E-state index contributed by atoms with van der Waals surface area (Å²) in [6, 6.07) is 42.6. The van der Waals surface area contributed by atoms with Gasteiger partial charge in [0.2, 0.25) is 0 Å². The van der Waals surface area contributed by atoms with Crippen LogP contribution in [0.3, 0.4) is 0 Å². The zero-order chi connectivity index (χ0) is 26.9. The van der Waals surface area contributed by atoms with Crippen LogP contribution in [-0.2, 0) is 24.7 Å². The maximum atomic E-state index is 14.6. The standard InChI is InChI=1S/C23H13NO3P.C11H8N.Ir/c25-28-21-10-3-1-8-17(21)26-19-13-15(16-7-5-6-12-24-16)14-20(23(19)28)27-18-9-2-4-11-22(18)28;1-2-6-10(7-3-1)11-8-4-5-9-12-11;/h1-13H;1-6,8-9H;/q2*-1;. The largest absolute Gasteiger partial charge is 0.475 e. The van der Waals surface area contributed by atoms with Crippen molar-refractivity contribution in [1.82, 2.24) is 9.97 Å². The van der Waals surface area contributed by atoms with E-state index in [0.29, 0.717) is 38.9 Å². The van der Waals surface area contributed by atoms with Crippen molar-refractivity contribution in [2.45, 2.75) is 0 Å². The molecule has 4 aromatic carbocycles. The first kappa shape index (κ1) is 26.9. The molecule has 201 valence electrons. The molecule has 0 aliphatic carbocycles. The third-order valence-electron chi connectivity index (χ3n) is 6.72. The van der Waals surface area contributed by atoms with Crippen molar-refractivity contribution in [1.29, 1.82) is 0 Å². The number of ether oxygens (including phenoxy) is 2. The molecule has 0 N–H and O–H groups in total. The smallest absolute Gasteiger partial charge is 0.149 e. The summed E-state index contributed by atoms with van der Waals surface area (Å²) in [7, 11) is -3.13. The zero-order valence-corrected chi connectivity index (χ0v) is 24.8. The number of aromatic nitrogens is 2. The molecule has 2 aromatic heterocycles. The molecular weight excluding hydrogens is 708 g/mol. The quantitative estimate of drug-likeness (QED) is 0.143. The van der Waals surface area contributed by atoms with Gasteiger partial charge >= 0.3 is 0 Å². The Morgan fingerprint density at radius 2 is 1.20 bits per heavy atom. The number of rotatable bonds is 2. The topological polar surface area (TPSA) is 61.3 Å². The Morgan fingerprint density at radius 3 is 1.80 bits per heavy atom. The molecule has 0 fully saturated rings. The predicted octanol–water partition coefficient (Wildman–Crippen LogP) is 6.95. The van der Waals surface area contributed by atoms with Crippen molar-refractivity contribution in [3.8, 4) is 45.5 Å². The Hall–Kier alpha value is -4.34. The average molecular weight is 729 g/mol. The Morgan fingerprint density at radius 1 is 0.610 bits per heavy atom. The Bertz CT molecular complexity index is 1770. The van der Waals surface area contributed by atoms with Gasteiger partial charge in [-0.3, -0.25) is 0 Å². The molecule has 0 spiro atoms. The van der Waals surface area contributed by atoms with Gasteiger partial charge in [-0.25, -0.2) is 0 Å². The van der Waals surface area contributed by atoms with Crippen LogP contribution in [0.25, 0.3) is 22.5 Å². The van der Waals surface area contributed by atoms with Crippen molar-refractivity contribution in [2.75, 3.05) is 0 Å². The van der Waals surface area contributed by atoms with Crippen LogP contribution in [0.15, 0.2) is 128 Å². The van der Waals surface area contributed by atoms with Crippen LogP contribution in [0.1, 0.15) is 0 Å². The molecule has 0 saturated carbocycles. The SMILES string of the molecule is O=P12c3ccccc3Oc3[c-]c(-c4ccccn4)cc(c31)Oc1ccccc12.[Ir].[c-]1ccccc1-c1ccccn1. The number of fused-ring (bicyclic) bond motifs is 4. The van der Waals surface area contributed by atoms with Gasteiger partial charge in [-0.05, 0) is 47.8 Å². The van der Waals surface area contributed by atoms with Gasteiger partial charge in [-0.15, -0.1) is 41.5 Å². The van der Waals surface area contributed by atoms with Crippen LogP contribution in [0.5, 0.6) is 23.0 Å². The van der Waals surface area contributed by atoms with E-state index in [1.807, 2.05) is 115 Å². The molecule has 5 nitrogen and oxygen atoms in total. The second-order valence-corrected chi connectivity index (χ2v) is 11.8. The van der Waals surface area contributed by atoms with E-state index in [1.165, 1.54) is 0 Å². The molecule has 8 rings (SSSR count).